The summed E-state index contributed by atoms with van der Waals surface area (Å²) in [4.78, 5) is 36.7. The zero-order valence-electron chi connectivity index (χ0n) is 18.1. The lowest BCUT2D eigenvalue weighted by molar-refractivity contribution is -0.387. The van der Waals surface area contributed by atoms with E-state index in [0.29, 0.717) is 23.4 Å². The largest absolute Gasteiger partial charge is 0.323 e. The van der Waals surface area contributed by atoms with Crippen LogP contribution in [-0.4, -0.2) is 32.2 Å². The highest BCUT2D eigenvalue weighted by Crippen LogP contribution is 2.37. The number of fused-ring (bicyclic) bond motifs is 1. The van der Waals surface area contributed by atoms with Crippen LogP contribution in [0.1, 0.15) is 38.8 Å². The lowest BCUT2D eigenvalue weighted by Gasteiger charge is -2.25. The minimum Gasteiger partial charge on any atom is -0.323 e. The Bertz CT molecular complexity index is 1210. The average molecular weight is 461 g/mol. The Labute approximate surface area is 185 Å². The molecule has 32 heavy (non-hydrogen) atoms. The maximum Gasteiger partial charge on any atom is 0.289 e. The van der Waals surface area contributed by atoms with E-state index in [0.717, 1.165) is 6.07 Å². The third-order valence-corrected chi connectivity index (χ3v) is 7.02. The Morgan fingerprint density at radius 1 is 1.19 bits per heavy atom. The number of amides is 2. The Kier molecular flexibility index (Phi) is 6.07. The van der Waals surface area contributed by atoms with Gasteiger partial charge in [-0.15, -0.1) is 0 Å². The summed E-state index contributed by atoms with van der Waals surface area (Å²) in [6.07, 6.45) is 0.341. The summed E-state index contributed by atoms with van der Waals surface area (Å²) in [5, 5.41) is 14.0. The molecule has 0 saturated carbocycles. The maximum atomic E-state index is 13.0. The first-order chi connectivity index (χ1) is 14.9. The molecule has 170 valence electrons. The number of carbonyl (C=O) groups is 2. The van der Waals surface area contributed by atoms with Crippen molar-refractivity contribution in [1.29, 1.82) is 0 Å². The first-order valence-corrected chi connectivity index (χ1v) is 11.4. The van der Waals surface area contributed by atoms with Gasteiger partial charge in [0.1, 0.15) is 5.41 Å². The Morgan fingerprint density at radius 3 is 2.47 bits per heavy atom. The predicted octanol–water partition coefficient (Wildman–Crippen LogP) is 2.97. The molecule has 3 rings (SSSR count). The van der Waals surface area contributed by atoms with Crippen LogP contribution in [0.4, 0.5) is 17.1 Å². The lowest BCUT2D eigenvalue weighted by Crippen LogP contribution is -2.43. The van der Waals surface area contributed by atoms with E-state index < -0.39 is 48.8 Å². The fourth-order valence-electron chi connectivity index (χ4n) is 3.53. The number of sulfonamides is 1. The lowest BCUT2D eigenvalue weighted by atomic mass is 9.91. The van der Waals surface area contributed by atoms with Crippen LogP contribution in [0.5, 0.6) is 0 Å². The van der Waals surface area contributed by atoms with E-state index in [1.165, 1.54) is 36.9 Å². The van der Waals surface area contributed by atoms with E-state index in [2.05, 4.69) is 10.0 Å². The average Bonchev–Trinajstić information content (AvgIpc) is 2.81. The number of hydrogen-bond donors (Lipinski definition) is 2. The van der Waals surface area contributed by atoms with Gasteiger partial charge in [0, 0.05) is 19.2 Å². The second kappa shape index (κ2) is 8.32. The number of para-hydroxylation sites is 1. The van der Waals surface area contributed by atoms with Gasteiger partial charge in [-0.1, -0.05) is 25.1 Å². The van der Waals surface area contributed by atoms with Gasteiger partial charge in [0.25, 0.3) is 5.69 Å². The van der Waals surface area contributed by atoms with Crippen molar-refractivity contribution in [3.63, 3.8) is 0 Å². The normalized spacial score (nSPS) is 16.7. The minimum atomic E-state index is -4.22. The zero-order chi connectivity index (χ0) is 23.8. The molecule has 1 heterocycles. The molecule has 2 aromatic rings. The number of anilines is 2. The molecule has 2 aromatic carbocycles. The van der Waals surface area contributed by atoms with E-state index in [4.69, 9.17) is 0 Å². The molecule has 10 nitrogen and oxygen atoms in total. The van der Waals surface area contributed by atoms with Crippen molar-refractivity contribution < 1.29 is 22.9 Å². The van der Waals surface area contributed by atoms with Crippen LogP contribution < -0.4 is 14.9 Å². The van der Waals surface area contributed by atoms with Gasteiger partial charge in [0.2, 0.25) is 21.8 Å². The van der Waals surface area contributed by atoms with Gasteiger partial charge in [-0.2, -0.15) is 0 Å². The number of carbonyl (C=O) groups excluding carboxylic acids is 2. The maximum absolute atomic E-state index is 13.0. The van der Waals surface area contributed by atoms with E-state index >= 15 is 0 Å². The highest BCUT2D eigenvalue weighted by molar-refractivity contribution is 7.89. The molecule has 1 aliphatic heterocycles. The van der Waals surface area contributed by atoms with Crippen molar-refractivity contribution in [3.05, 3.63) is 58.1 Å². The molecule has 0 saturated heterocycles. The van der Waals surface area contributed by atoms with Crippen molar-refractivity contribution in [3.8, 4) is 0 Å². The summed E-state index contributed by atoms with van der Waals surface area (Å²) < 4.78 is 28.4. The predicted molar refractivity (Wildman–Crippen MR) is 119 cm³/mol. The monoisotopic (exact) mass is 460 g/mol. The minimum absolute atomic E-state index is 0.341. The third-order valence-electron chi connectivity index (χ3n) is 5.50. The van der Waals surface area contributed by atoms with Crippen molar-refractivity contribution in [2.24, 2.45) is 5.41 Å². The van der Waals surface area contributed by atoms with Gasteiger partial charge in [-0.3, -0.25) is 19.7 Å². The number of nitro benzene ring substituents is 1. The van der Waals surface area contributed by atoms with E-state index in [-0.39, 0.29) is 0 Å². The molecule has 11 heteroatoms. The van der Waals surface area contributed by atoms with Crippen LogP contribution in [-0.2, 0) is 19.6 Å². The van der Waals surface area contributed by atoms with Gasteiger partial charge < -0.3 is 10.2 Å². The number of nitrogens with zero attached hydrogens (tertiary/aromatic N) is 2. The van der Waals surface area contributed by atoms with Crippen molar-refractivity contribution in [2.45, 2.75) is 38.1 Å². The molecule has 0 fully saturated rings. The first kappa shape index (κ1) is 23.4. The summed E-state index contributed by atoms with van der Waals surface area (Å²) in [6, 6.07) is 9.27. The van der Waals surface area contributed by atoms with Crippen LogP contribution in [0.15, 0.2) is 47.4 Å². The molecule has 1 aliphatic rings. The molecular formula is C21H24N4O6S. The quantitative estimate of drug-likeness (QED) is 0.386. The van der Waals surface area contributed by atoms with E-state index in [1.807, 2.05) is 0 Å². The molecular weight excluding hydrogens is 436 g/mol. The molecule has 0 spiro atoms. The van der Waals surface area contributed by atoms with Crippen LogP contribution in [0, 0.1) is 15.5 Å². The van der Waals surface area contributed by atoms with Crippen LogP contribution >= 0.6 is 0 Å². The van der Waals surface area contributed by atoms with Crippen LogP contribution in [0.25, 0.3) is 0 Å². The smallest absolute Gasteiger partial charge is 0.289 e. The molecule has 2 amide bonds. The number of hydrogen-bond acceptors (Lipinski definition) is 6. The van der Waals surface area contributed by atoms with Gasteiger partial charge in [-0.05, 0) is 44.0 Å². The molecule has 0 aromatic heterocycles. The van der Waals surface area contributed by atoms with E-state index in [9.17, 15) is 28.1 Å². The van der Waals surface area contributed by atoms with Gasteiger partial charge in [0.15, 0.2) is 4.90 Å². The van der Waals surface area contributed by atoms with Crippen molar-refractivity contribution in [1.82, 2.24) is 4.72 Å². The molecule has 1 atom stereocenters. The molecule has 1 unspecified atom stereocenters. The number of rotatable bonds is 6. The van der Waals surface area contributed by atoms with Gasteiger partial charge >= 0.3 is 0 Å². The number of benzene rings is 2. The van der Waals surface area contributed by atoms with Crippen LogP contribution in [0.3, 0.4) is 0 Å². The Hall–Kier alpha value is -3.31. The number of nitro groups is 1. The Morgan fingerprint density at radius 2 is 1.84 bits per heavy atom. The Balaban J connectivity index is 2.00. The second-order valence-electron chi connectivity index (χ2n) is 8.03. The molecule has 0 aliphatic carbocycles. The summed E-state index contributed by atoms with van der Waals surface area (Å²) in [7, 11) is -2.67. The fourth-order valence-corrected chi connectivity index (χ4v) is 5.01. The topological polar surface area (TPSA) is 139 Å². The summed E-state index contributed by atoms with van der Waals surface area (Å²) in [5.74, 6) is -0.843. The third kappa shape index (κ3) is 4.08. The standard InChI is InChI=1S/C21H24N4O6S/c1-5-14(23-32(30,31)18-9-7-6-8-16(18)25(28)29)13-10-11-15-17(12-13)24(4)20(27)21(2,3)19(26)22-15/h6-12,14,23H,5H2,1-4H3,(H,22,26). The highest BCUT2D eigenvalue weighted by atomic mass is 32.2. The van der Waals surface area contributed by atoms with Gasteiger partial charge in [0.05, 0.1) is 16.3 Å². The highest BCUT2D eigenvalue weighted by Gasteiger charge is 2.42. The number of nitrogens with one attached hydrogen (secondary N) is 2. The zero-order valence-corrected chi connectivity index (χ0v) is 18.9. The van der Waals surface area contributed by atoms with Crippen LogP contribution in [0.2, 0.25) is 0 Å². The second-order valence-corrected chi connectivity index (χ2v) is 9.71. The summed E-state index contributed by atoms with van der Waals surface area (Å²) in [5.41, 5.74) is -0.397. The summed E-state index contributed by atoms with van der Waals surface area (Å²) >= 11 is 0. The molecule has 0 bridgehead atoms. The van der Waals surface area contributed by atoms with Crippen molar-refractivity contribution >= 4 is 38.9 Å². The first-order valence-electron chi connectivity index (χ1n) is 9.89. The molecule has 0 radical (unpaired) electrons. The van der Waals surface area contributed by atoms with Gasteiger partial charge in [-0.25, -0.2) is 13.1 Å². The molecule has 2 N–H and O–H groups in total. The van der Waals surface area contributed by atoms with E-state index in [1.54, 1.807) is 32.2 Å². The van der Waals surface area contributed by atoms with Crippen molar-refractivity contribution in [2.75, 3.05) is 17.3 Å². The SMILES string of the molecule is CCC(NS(=O)(=O)c1ccccc1[N+](=O)[O-])c1ccc2c(c1)N(C)C(=O)C(C)(C)C(=O)N2. The summed E-state index contributed by atoms with van der Waals surface area (Å²) in [6.45, 7) is 4.82. The fraction of sp³-hybridized carbons (Fsp3) is 0.333.